The molecule has 30 heavy (non-hydrogen) atoms. The van der Waals surface area contributed by atoms with Crippen molar-refractivity contribution in [2.75, 3.05) is 19.2 Å². The summed E-state index contributed by atoms with van der Waals surface area (Å²) in [4.78, 5) is 13.2. The molecule has 3 heterocycles. The molecule has 0 bridgehead atoms. The van der Waals surface area contributed by atoms with E-state index in [0.717, 1.165) is 11.3 Å². The van der Waals surface area contributed by atoms with Gasteiger partial charge in [0.2, 0.25) is 18.0 Å². The van der Waals surface area contributed by atoms with Crippen LogP contribution in [0, 0.1) is 6.92 Å². The van der Waals surface area contributed by atoms with Gasteiger partial charge in [-0.05, 0) is 55.0 Å². The van der Waals surface area contributed by atoms with Crippen LogP contribution in [0.5, 0.6) is 17.2 Å². The van der Waals surface area contributed by atoms with Crippen molar-refractivity contribution in [1.29, 1.82) is 0 Å². The topological polar surface area (TPSA) is 83.1 Å². The Balaban J connectivity index is 1.68. The fourth-order valence-electron chi connectivity index (χ4n) is 3.57. The van der Waals surface area contributed by atoms with Gasteiger partial charge in [-0.15, -0.1) is 0 Å². The highest BCUT2D eigenvalue weighted by Crippen LogP contribution is 2.39. The first-order valence-corrected chi connectivity index (χ1v) is 9.46. The number of nitrogens with one attached hydrogen (secondary N) is 1. The number of aryl methyl sites for hydroxylation is 1. The average Bonchev–Trinajstić information content (AvgIpc) is 3.43. The Morgan fingerprint density at radius 2 is 1.97 bits per heavy atom. The van der Waals surface area contributed by atoms with Gasteiger partial charge < -0.3 is 28.4 Å². The van der Waals surface area contributed by atoms with Crippen molar-refractivity contribution in [3.05, 3.63) is 70.3 Å². The average molecular weight is 405 g/mol. The molecule has 7 nitrogen and oxygen atoms in total. The van der Waals surface area contributed by atoms with Crippen LogP contribution in [-0.4, -0.2) is 13.9 Å². The Bertz CT molecular complexity index is 1290. The second kappa shape index (κ2) is 7.18. The van der Waals surface area contributed by atoms with Crippen molar-refractivity contribution in [1.82, 2.24) is 0 Å². The Kier molecular flexibility index (Phi) is 4.35. The van der Waals surface area contributed by atoms with Crippen molar-refractivity contribution in [3.8, 4) is 28.6 Å². The van der Waals surface area contributed by atoms with Crippen LogP contribution in [-0.2, 0) is 6.54 Å². The van der Waals surface area contributed by atoms with Gasteiger partial charge in [-0.1, -0.05) is 0 Å². The maximum absolute atomic E-state index is 13.2. The van der Waals surface area contributed by atoms with E-state index >= 15 is 0 Å². The summed E-state index contributed by atoms with van der Waals surface area (Å²) < 4.78 is 27.9. The van der Waals surface area contributed by atoms with E-state index in [9.17, 15) is 4.79 Å². The van der Waals surface area contributed by atoms with E-state index in [2.05, 4.69) is 5.32 Å². The molecular weight excluding hydrogens is 386 g/mol. The molecule has 2 aromatic carbocycles. The summed E-state index contributed by atoms with van der Waals surface area (Å²) in [6.45, 7) is 2.55. The summed E-state index contributed by atoms with van der Waals surface area (Å²) >= 11 is 0. The first kappa shape index (κ1) is 18.2. The molecule has 1 aliphatic rings. The van der Waals surface area contributed by atoms with Gasteiger partial charge in [0.1, 0.15) is 5.76 Å². The number of fused-ring (bicyclic) bond motifs is 2. The van der Waals surface area contributed by atoms with Gasteiger partial charge in [-0.2, -0.15) is 0 Å². The minimum atomic E-state index is -0.240. The monoisotopic (exact) mass is 405 g/mol. The van der Waals surface area contributed by atoms with Crippen LogP contribution in [0.25, 0.3) is 22.3 Å². The first-order valence-electron chi connectivity index (χ1n) is 9.46. The maximum atomic E-state index is 13.2. The summed E-state index contributed by atoms with van der Waals surface area (Å²) in [5, 5.41) is 3.75. The van der Waals surface area contributed by atoms with Crippen LogP contribution in [0.15, 0.2) is 62.4 Å². The number of hydrogen-bond acceptors (Lipinski definition) is 7. The molecule has 0 spiro atoms. The first-order chi connectivity index (χ1) is 14.6. The zero-order valence-corrected chi connectivity index (χ0v) is 16.5. The number of ether oxygens (including phenoxy) is 3. The molecule has 0 aliphatic carbocycles. The lowest BCUT2D eigenvalue weighted by Gasteiger charge is -2.13. The van der Waals surface area contributed by atoms with Crippen LogP contribution < -0.4 is 25.0 Å². The molecule has 152 valence electrons. The third-order valence-electron chi connectivity index (χ3n) is 4.97. The van der Waals surface area contributed by atoms with Crippen molar-refractivity contribution in [3.63, 3.8) is 0 Å². The zero-order chi connectivity index (χ0) is 20.7. The summed E-state index contributed by atoms with van der Waals surface area (Å²) in [5.74, 6) is 2.49. The lowest BCUT2D eigenvalue weighted by atomic mass is 10.1. The van der Waals surface area contributed by atoms with Crippen LogP contribution in [0.4, 0.5) is 5.69 Å². The summed E-state index contributed by atoms with van der Waals surface area (Å²) in [6, 6.07) is 12.8. The molecule has 0 saturated heterocycles. The van der Waals surface area contributed by atoms with E-state index in [1.807, 2.05) is 31.2 Å². The van der Waals surface area contributed by atoms with Gasteiger partial charge in [0, 0.05) is 5.56 Å². The molecule has 2 aromatic heterocycles. The van der Waals surface area contributed by atoms with Crippen LogP contribution in [0.1, 0.15) is 11.3 Å². The summed E-state index contributed by atoms with van der Waals surface area (Å²) in [7, 11) is 1.46. The number of methoxy groups -OCH3 is 1. The van der Waals surface area contributed by atoms with Crippen LogP contribution in [0.3, 0.4) is 0 Å². The highest BCUT2D eigenvalue weighted by atomic mass is 16.7. The van der Waals surface area contributed by atoms with E-state index < -0.39 is 0 Å². The molecule has 0 fully saturated rings. The standard InChI is InChI=1S/C23H19NO6/c1-13-8-16-20(25)23(26-2)21(14-5-6-18-19(10-14)29-12-28-18)30-22(16)17(9-13)24-11-15-4-3-7-27-15/h3-10,24H,11-12H2,1-2H3. The fourth-order valence-corrected chi connectivity index (χ4v) is 3.57. The minimum absolute atomic E-state index is 0.143. The molecule has 4 aromatic rings. The SMILES string of the molecule is COc1c(-c2ccc3c(c2)OCO3)oc2c(NCc3ccco3)cc(C)cc2c1=O. The number of anilines is 1. The normalized spacial score (nSPS) is 12.3. The lowest BCUT2D eigenvalue weighted by Crippen LogP contribution is -2.09. The van der Waals surface area contributed by atoms with Crippen molar-refractivity contribution >= 4 is 16.7 Å². The lowest BCUT2D eigenvalue weighted by molar-refractivity contribution is 0.174. The quantitative estimate of drug-likeness (QED) is 0.515. The summed E-state index contributed by atoms with van der Waals surface area (Å²) in [5.41, 5.74) is 2.49. The van der Waals surface area contributed by atoms with Crippen LogP contribution >= 0.6 is 0 Å². The molecule has 0 amide bonds. The molecule has 0 saturated carbocycles. The second-order valence-electron chi connectivity index (χ2n) is 6.98. The molecule has 1 N–H and O–H groups in total. The number of rotatable bonds is 5. The van der Waals surface area contributed by atoms with Crippen LogP contribution in [0.2, 0.25) is 0 Å². The van der Waals surface area contributed by atoms with Gasteiger partial charge in [0.05, 0.1) is 31.0 Å². The Morgan fingerprint density at radius 1 is 1.10 bits per heavy atom. The van der Waals surface area contributed by atoms with Crippen molar-refractivity contribution in [2.24, 2.45) is 0 Å². The van der Waals surface area contributed by atoms with E-state index in [1.165, 1.54) is 7.11 Å². The molecule has 1 aliphatic heterocycles. The Labute approximate surface area is 171 Å². The fraction of sp³-hybridized carbons (Fsp3) is 0.174. The minimum Gasteiger partial charge on any atom is -0.490 e. The molecule has 0 radical (unpaired) electrons. The molecule has 7 heteroatoms. The second-order valence-corrected chi connectivity index (χ2v) is 6.98. The smallest absolute Gasteiger partial charge is 0.235 e. The summed E-state index contributed by atoms with van der Waals surface area (Å²) in [6.07, 6.45) is 1.62. The van der Waals surface area contributed by atoms with E-state index in [-0.39, 0.29) is 18.0 Å². The predicted octanol–water partition coefficient (Wildman–Crippen LogP) is 4.71. The molecule has 0 unspecified atom stereocenters. The number of furan rings is 1. The van der Waals surface area contributed by atoms with Gasteiger partial charge in [-0.25, -0.2) is 0 Å². The van der Waals surface area contributed by atoms with Crippen molar-refractivity contribution in [2.45, 2.75) is 13.5 Å². The Morgan fingerprint density at radius 3 is 2.77 bits per heavy atom. The van der Waals surface area contributed by atoms with Gasteiger partial charge in [-0.3, -0.25) is 4.79 Å². The van der Waals surface area contributed by atoms with Gasteiger partial charge in [0.15, 0.2) is 22.8 Å². The number of benzene rings is 2. The largest absolute Gasteiger partial charge is 0.490 e. The predicted molar refractivity (Wildman–Crippen MR) is 111 cm³/mol. The van der Waals surface area contributed by atoms with Crippen molar-refractivity contribution < 1.29 is 23.0 Å². The van der Waals surface area contributed by atoms with Gasteiger partial charge >= 0.3 is 0 Å². The van der Waals surface area contributed by atoms with E-state index in [4.69, 9.17) is 23.0 Å². The molecular formula is C23H19NO6. The van der Waals surface area contributed by atoms with E-state index in [1.54, 1.807) is 24.5 Å². The third kappa shape index (κ3) is 3.04. The number of hydrogen-bond donors (Lipinski definition) is 1. The highest BCUT2D eigenvalue weighted by molar-refractivity contribution is 5.92. The molecule has 5 rings (SSSR count). The highest BCUT2D eigenvalue weighted by Gasteiger charge is 2.22. The third-order valence-corrected chi connectivity index (χ3v) is 4.97. The van der Waals surface area contributed by atoms with Gasteiger partial charge in [0.25, 0.3) is 0 Å². The van der Waals surface area contributed by atoms with E-state index in [0.29, 0.717) is 46.0 Å². The maximum Gasteiger partial charge on any atom is 0.235 e. The zero-order valence-electron chi connectivity index (χ0n) is 16.5. The molecule has 0 atom stereocenters. The Hall–Kier alpha value is -3.87.